The first-order chi connectivity index (χ1) is 11.0. The third-order valence-corrected chi connectivity index (χ3v) is 4.95. The molecule has 0 radical (unpaired) electrons. The largest absolute Gasteiger partial charge is 0.508 e. The van der Waals surface area contributed by atoms with Crippen LogP contribution in [-0.4, -0.2) is 53.1 Å². The van der Waals surface area contributed by atoms with Crippen molar-refractivity contribution in [2.75, 3.05) is 26.2 Å². The van der Waals surface area contributed by atoms with E-state index in [1.807, 2.05) is 11.0 Å². The molecule has 0 aliphatic carbocycles. The first kappa shape index (κ1) is 16.1. The van der Waals surface area contributed by atoms with Crippen molar-refractivity contribution in [2.24, 2.45) is 5.92 Å². The van der Waals surface area contributed by atoms with Gasteiger partial charge in [0.25, 0.3) is 0 Å². The number of phenolic OH excluding ortho intramolecular Hbond substituents is 1. The molecule has 5 nitrogen and oxygen atoms in total. The van der Waals surface area contributed by atoms with Crippen LogP contribution in [0.4, 0.5) is 0 Å². The van der Waals surface area contributed by atoms with Gasteiger partial charge in [-0.25, -0.2) is 0 Å². The number of carbonyl (C=O) groups excluding carboxylic acids is 1. The third-order valence-electron chi connectivity index (χ3n) is 4.95. The first-order valence-electron chi connectivity index (χ1n) is 8.52. The van der Waals surface area contributed by atoms with Crippen LogP contribution in [0.25, 0.3) is 0 Å². The Balaban J connectivity index is 1.65. The standard InChI is InChI=1S/C18H26N2O3/c1-13(2)19-7-5-14(6-8-19)18(22)20-9-10-23-17-11-16(21)4-3-15(17)12-20/h3-4,11,13-14,21H,5-10,12H2,1-2H3. The van der Waals surface area contributed by atoms with Crippen molar-refractivity contribution in [3.63, 3.8) is 0 Å². The topological polar surface area (TPSA) is 53.0 Å². The molecule has 1 fully saturated rings. The number of hydrogen-bond donors (Lipinski definition) is 1. The van der Waals surface area contributed by atoms with Gasteiger partial charge in [0.2, 0.25) is 5.91 Å². The van der Waals surface area contributed by atoms with Gasteiger partial charge in [-0.2, -0.15) is 0 Å². The lowest BCUT2D eigenvalue weighted by molar-refractivity contribution is -0.138. The summed E-state index contributed by atoms with van der Waals surface area (Å²) in [6, 6.07) is 5.68. The molecule has 2 heterocycles. The maximum Gasteiger partial charge on any atom is 0.226 e. The zero-order valence-electron chi connectivity index (χ0n) is 14.0. The molecule has 5 heteroatoms. The number of amides is 1. The molecule has 1 N–H and O–H groups in total. The van der Waals surface area contributed by atoms with Crippen molar-refractivity contribution < 1.29 is 14.6 Å². The first-order valence-corrected chi connectivity index (χ1v) is 8.52. The van der Waals surface area contributed by atoms with E-state index in [1.54, 1.807) is 12.1 Å². The molecule has 1 aromatic rings. The number of likely N-dealkylation sites (tertiary alicyclic amines) is 1. The molecule has 1 saturated heterocycles. The molecule has 0 spiro atoms. The molecule has 0 aromatic heterocycles. The molecule has 0 atom stereocenters. The predicted octanol–water partition coefficient (Wildman–Crippen LogP) is 2.23. The molecular weight excluding hydrogens is 292 g/mol. The summed E-state index contributed by atoms with van der Waals surface area (Å²) in [6.45, 7) is 8.08. The summed E-state index contributed by atoms with van der Waals surface area (Å²) in [6.07, 6.45) is 1.88. The van der Waals surface area contributed by atoms with Gasteiger partial charge in [-0.15, -0.1) is 0 Å². The van der Waals surface area contributed by atoms with Crippen LogP contribution in [0, 0.1) is 5.92 Å². The number of carbonyl (C=O) groups is 1. The summed E-state index contributed by atoms with van der Waals surface area (Å²) in [5.41, 5.74) is 0.966. The molecule has 0 bridgehead atoms. The van der Waals surface area contributed by atoms with E-state index in [0.717, 1.165) is 31.5 Å². The SMILES string of the molecule is CC(C)N1CCC(C(=O)N2CCOc3cc(O)ccc3C2)CC1. The van der Waals surface area contributed by atoms with E-state index in [1.165, 1.54) is 0 Å². The lowest BCUT2D eigenvalue weighted by Gasteiger charge is -2.35. The Hall–Kier alpha value is -1.75. The lowest BCUT2D eigenvalue weighted by atomic mass is 9.94. The Bertz CT molecular complexity index is 565. The second-order valence-electron chi connectivity index (χ2n) is 6.80. The normalized spacial score (nSPS) is 20.0. The Kier molecular flexibility index (Phi) is 4.76. The van der Waals surface area contributed by atoms with Gasteiger partial charge in [-0.05, 0) is 51.9 Å². The van der Waals surface area contributed by atoms with Gasteiger partial charge in [0.05, 0.1) is 6.54 Å². The van der Waals surface area contributed by atoms with Gasteiger partial charge >= 0.3 is 0 Å². The van der Waals surface area contributed by atoms with E-state index in [-0.39, 0.29) is 17.6 Å². The Morgan fingerprint density at radius 2 is 2.00 bits per heavy atom. The molecule has 23 heavy (non-hydrogen) atoms. The second-order valence-corrected chi connectivity index (χ2v) is 6.80. The maximum atomic E-state index is 12.9. The summed E-state index contributed by atoms with van der Waals surface area (Å²) in [7, 11) is 0. The van der Waals surface area contributed by atoms with Crippen LogP contribution in [-0.2, 0) is 11.3 Å². The average molecular weight is 318 g/mol. The van der Waals surface area contributed by atoms with E-state index in [4.69, 9.17) is 4.74 Å². The van der Waals surface area contributed by atoms with Gasteiger partial charge in [-0.1, -0.05) is 0 Å². The van der Waals surface area contributed by atoms with Crippen molar-refractivity contribution in [2.45, 2.75) is 39.3 Å². The molecule has 0 saturated carbocycles. The number of hydrogen-bond acceptors (Lipinski definition) is 4. The molecule has 2 aliphatic rings. The van der Waals surface area contributed by atoms with E-state index in [2.05, 4.69) is 18.7 Å². The van der Waals surface area contributed by atoms with E-state index < -0.39 is 0 Å². The monoisotopic (exact) mass is 318 g/mol. The minimum Gasteiger partial charge on any atom is -0.508 e. The highest BCUT2D eigenvalue weighted by Crippen LogP contribution is 2.29. The van der Waals surface area contributed by atoms with Crippen LogP contribution < -0.4 is 4.74 Å². The fourth-order valence-electron chi connectivity index (χ4n) is 3.47. The number of ether oxygens (including phenoxy) is 1. The fraction of sp³-hybridized carbons (Fsp3) is 0.611. The summed E-state index contributed by atoms with van der Waals surface area (Å²) >= 11 is 0. The van der Waals surface area contributed by atoms with Gasteiger partial charge in [0, 0.05) is 30.1 Å². The highest BCUT2D eigenvalue weighted by atomic mass is 16.5. The van der Waals surface area contributed by atoms with Gasteiger partial charge < -0.3 is 19.6 Å². The lowest BCUT2D eigenvalue weighted by Crippen LogP contribution is -2.44. The van der Waals surface area contributed by atoms with Crippen LogP contribution in [0.1, 0.15) is 32.3 Å². The average Bonchev–Trinajstić information content (AvgIpc) is 2.76. The number of nitrogens with zero attached hydrogens (tertiary/aromatic N) is 2. The maximum absolute atomic E-state index is 12.9. The molecule has 3 rings (SSSR count). The number of fused-ring (bicyclic) bond motifs is 1. The Morgan fingerprint density at radius 3 is 2.70 bits per heavy atom. The summed E-state index contributed by atoms with van der Waals surface area (Å²) in [5.74, 6) is 1.26. The van der Waals surface area contributed by atoms with Crippen LogP contribution in [0.2, 0.25) is 0 Å². The van der Waals surface area contributed by atoms with Crippen molar-refractivity contribution in [1.82, 2.24) is 9.80 Å². The third kappa shape index (κ3) is 3.61. The summed E-state index contributed by atoms with van der Waals surface area (Å²) in [5, 5.41) is 9.56. The van der Waals surface area contributed by atoms with Gasteiger partial charge in [-0.3, -0.25) is 4.79 Å². The minimum absolute atomic E-state index is 0.128. The smallest absolute Gasteiger partial charge is 0.226 e. The van der Waals surface area contributed by atoms with Crippen LogP contribution in [0.5, 0.6) is 11.5 Å². The predicted molar refractivity (Wildman–Crippen MR) is 88.5 cm³/mol. The van der Waals surface area contributed by atoms with E-state index >= 15 is 0 Å². The highest BCUT2D eigenvalue weighted by Gasteiger charge is 2.30. The molecule has 126 valence electrons. The quantitative estimate of drug-likeness (QED) is 0.908. The highest BCUT2D eigenvalue weighted by molar-refractivity contribution is 5.79. The fourth-order valence-corrected chi connectivity index (χ4v) is 3.47. The second kappa shape index (κ2) is 6.79. The van der Waals surface area contributed by atoms with Crippen LogP contribution in [0.15, 0.2) is 18.2 Å². The van der Waals surface area contributed by atoms with Crippen LogP contribution >= 0.6 is 0 Å². The molecule has 2 aliphatic heterocycles. The number of phenols is 1. The summed E-state index contributed by atoms with van der Waals surface area (Å²) in [4.78, 5) is 17.2. The van der Waals surface area contributed by atoms with Crippen LogP contribution in [0.3, 0.4) is 0 Å². The molecular formula is C18H26N2O3. The molecule has 1 aromatic carbocycles. The van der Waals surface area contributed by atoms with Crippen molar-refractivity contribution in [3.8, 4) is 11.5 Å². The number of rotatable bonds is 2. The molecule has 0 unspecified atom stereocenters. The number of benzene rings is 1. The minimum atomic E-state index is 0.128. The number of piperidine rings is 1. The Labute approximate surface area is 137 Å². The summed E-state index contributed by atoms with van der Waals surface area (Å²) < 4.78 is 5.68. The van der Waals surface area contributed by atoms with Crippen molar-refractivity contribution in [1.29, 1.82) is 0 Å². The number of aromatic hydroxyl groups is 1. The zero-order valence-corrected chi connectivity index (χ0v) is 14.0. The molecule has 1 amide bonds. The van der Waals surface area contributed by atoms with E-state index in [9.17, 15) is 9.90 Å². The van der Waals surface area contributed by atoms with Gasteiger partial charge in [0.1, 0.15) is 18.1 Å². The van der Waals surface area contributed by atoms with Crippen molar-refractivity contribution in [3.05, 3.63) is 23.8 Å². The van der Waals surface area contributed by atoms with E-state index in [0.29, 0.717) is 31.5 Å². The van der Waals surface area contributed by atoms with Gasteiger partial charge in [0.15, 0.2) is 0 Å². The van der Waals surface area contributed by atoms with Crippen molar-refractivity contribution >= 4 is 5.91 Å². The Morgan fingerprint density at radius 1 is 1.26 bits per heavy atom. The zero-order chi connectivity index (χ0) is 16.4.